The lowest BCUT2D eigenvalue weighted by Gasteiger charge is -2.06. The van der Waals surface area contributed by atoms with E-state index < -0.39 is 11.9 Å². The van der Waals surface area contributed by atoms with E-state index in [9.17, 15) is 14.7 Å². The lowest BCUT2D eigenvalue weighted by atomic mass is 10.2. The number of aromatic hydroxyl groups is 1. The fourth-order valence-electron chi connectivity index (χ4n) is 1.50. The Balaban J connectivity index is 2.32. The van der Waals surface area contributed by atoms with E-state index in [4.69, 9.17) is 5.11 Å². The molecule has 2 heterocycles. The molecule has 0 radical (unpaired) electrons. The van der Waals surface area contributed by atoms with Crippen molar-refractivity contribution >= 4 is 28.9 Å². The number of aromatic nitrogens is 1. The number of carboxylic acids is 1. The molecule has 0 aliphatic rings. The highest BCUT2D eigenvalue weighted by Crippen LogP contribution is 2.28. The number of aromatic carboxylic acids is 1. The van der Waals surface area contributed by atoms with Crippen molar-refractivity contribution in [1.29, 1.82) is 0 Å². The Morgan fingerprint density at radius 3 is 2.79 bits per heavy atom. The molecule has 0 unspecified atom stereocenters. The number of nitrogens with one attached hydrogen (secondary N) is 1. The molecule has 0 aliphatic heterocycles. The summed E-state index contributed by atoms with van der Waals surface area (Å²) in [6.45, 7) is 1.69. The van der Waals surface area contributed by atoms with Crippen molar-refractivity contribution < 1.29 is 19.8 Å². The van der Waals surface area contributed by atoms with Gasteiger partial charge in [-0.2, -0.15) is 0 Å². The monoisotopic (exact) mass is 278 g/mol. The van der Waals surface area contributed by atoms with Crippen LogP contribution in [0.25, 0.3) is 0 Å². The minimum atomic E-state index is -1.11. The quantitative estimate of drug-likeness (QED) is 0.798. The second-order valence-corrected chi connectivity index (χ2v) is 4.63. The number of carbonyl (C=O) groups is 2. The normalized spacial score (nSPS) is 10.2. The van der Waals surface area contributed by atoms with Gasteiger partial charge in [-0.25, -0.2) is 9.78 Å². The second kappa shape index (κ2) is 5.07. The molecule has 0 atom stereocenters. The van der Waals surface area contributed by atoms with Crippen LogP contribution in [-0.2, 0) is 0 Å². The van der Waals surface area contributed by atoms with E-state index in [1.807, 2.05) is 0 Å². The topological polar surface area (TPSA) is 99.5 Å². The molecule has 2 rings (SSSR count). The van der Waals surface area contributed by atoms with E-state index in [0.717, 1.165) is 11.3 Å². The lowest BCUT2D eigenvalue weighted by Crippen LogP contribution is -2.15. The summed E-state index contributed by atoms with van der Waals surface area (Å²) in [5.41, 5.74) is 0.725. The summed E-state index contributed by atoms with van der Waals surface area (Å²) < 4.78 is 0. The second-order valence-electron chi connectivity index (χ2n) is 3.75. The first-order valence-corrected chi connectivity index (χ1v) is 6.15. The number of nitrogens with zero attached hydrogens (tertiary/aromatic N) is 1. The summed E-state index contributed by atoms with van der Waals surface area (Å²) in [5, 5.41) is 22.6. The highest BCUT2D eigenvalue weighted by Gasteiger charge is 2.19. The Bertz CT molecular complexity index is 651. The molecule has 0 aliphatic carbocycles. The van der Waals surface area contributed by atoms with Crippen molar-refractivity contribution in [3.63, 3.8) is 0 Å². The van der Waals surface area contributed by atoms with Crippen LogP contribution in [-0.4, -0.2) is 27.1 Å². The van der Waals surface area contributed by atoms with Crippen LogP contribution < -0.4 is 5.32 Å². The maximum absolute atomic E-state index is 11.9. The van der Waals surface area contributed by atoms with Gasteiger partial charge in [-0.3, -0.25) is 4.79 Å². The molecule has 2 aromatic rings. The molecule has 2 aromatic heterocycles. The van der Waals surface area contributed by atoms with Gasteiger partial charge >= 0.3 is 5.97 Å². The molecule has 7 heteroatoms. The van der Waals surface area contributed by atoms with Gasteiger partial charge in [0.25, 0.3) is 5.91 Å². The number of carbonyl (C=O) groups excluding carboxylic acids is 1. The van der Waals surface area contributed by atoms with Crippen molar-refractivity contribution in [2.75, 3.05) is 5.32 Å². The van der Waals surface area contributed by atoms with Gasteiger partial charge in [0, 0.05) is 6.20 Å². The first-order valence-electron chi connectivity index (χ1n) is 5.27. The van der Waals surface area contributed by atoms with Crippen LogP contribution in [0.4, 0.5) is 5.69 Å². The van der Waals surface area contributed by atoms with Crippen LogP contribution in [0.15, 0.2) is 23.7 Å². The summed E-state index contributed by atoms with van der Waals surface area (Å²) in [7, 11) is 0. The van der Waals surface area contributed by atoms with Crippen LogP contribution in [0.2, 0.25) is 0 Å². The number of thiophene rings is 1. The third kappa shape index (κ3) is 2.55. The molecule has 6 nitrogen and oxygen atoms in total. The van der Waals surface area contributed by atoms with Crippen molar-refractivity contribution in [2.24, 2.45) is 0 Å². The van der Waals surface area contributed by atoms with Gasteiger partial charge in [0.05, 0.1) is 5.69 Å². The molecule has 0 bridgehead atoms. The number of carboxylic acid groups (broad SMARTS) is 1. The van der Waals surface area contributed by atoms with Crippen LogP contribution in [0.1, 0.15) is 25.7 Å². The Hall–Kier alpha value is -2.41. The standard InChI is InChI=1S/C12H10N2O4S/c1-6-5-19-10(12(17)18)8(6)14-11(16)9-7(15)3-2-4-13-9/h2-5,15H,1H3,(H,14,16)(H,17,18). The fourth-order valence-corrected chi connectivity index (χ4v) is 2.34. The van der Waals surface area contributed by atoms with Crippen molar-refractivity contribution in [3.05, 3.63) is 39.8 Å². The van der Waals surface area contributed by atoms with Crippen LogP contribution in [0, 0.1) is 6.92 Å². The largest absolute Gasteiger partial charge is 0.505 e. The zero-order chi connectivity index (χ0) is 14.0. The van der Waals surface area contributed by atoms with E-state index in [2.05, 4.69) is 10.3 Å². The third-order valence-electron chi connectivity index (χ3n) is 2.41. The lowest BCUT2D eigenvalue weighted by molar-refractivity contribution is 0.0703. The van der Waals surface area contributed by atoms with Crippen LogP contribution in [0.3, 0.4) is 0 Å². The number of aryl methyl sites for hydroxylation is 1. The zero-order valence-corrected chi connectivity index (χ0v) is 10.7. The molecule has 0 aromatic carbocycles. The maximum atomic E-state index is 11.9. The smallest absolute Gasteiger partial charge is 0.348 e. The van der Waals surface area contributed by atoms with Crippen molar-refractivity contribution in [1.82, 2.24) is 4.98 Å². The van der Waals surface area contributed by atoms with E-state index in [1.54, 1.807) is 12.3 Å². The van der Waals surface area contributed by atoms with Gasteiger partial charge in [0.15, 0.2) is 5.69 Å². The first kappa shape index (κ1) is 13.0. The summed E-state index contributed by atoms with van der Waals surface area (Å²) in [4.78, 5) is 26.8. The average Bonchev–Trinajstić information content (AvgIpc) is 2.71. The van der Waals surface area contributed by atoms with Gasteiger partial charge in [-0.15, -0.1) is 11.3 Å². The highest BCUT2D eigenvalue weighted by atomic mass is 32.1. The molecule has 0 saturated carbocycles. The number of rotatable bonds is 3. The average molecular weight is 278 g/mol. The van der Waals surface area contributed by atoms with Gasteiger partial charge < -0.3 is 15.5 Å². The Morgan fingerprint density at radius 2 is 2.16 bits per heavy atom. The molecule has 98 valence electrons. The summed E-state index contributed by atoms with van der Waals surface area (Å²) in [5.74, 6) is -2.02. The predicted octanol–water partition coefficient (Wildman–Crippen LogP) is 2.11. The molecule has 0 fully saturated rings. The Labute approximate surface area is 112 Å². The molecule has 0 saturated heterocycles. The van der Waals surface area contributed by atoms with E-state index in [1.165, 1.54) is 18.3 Å². The molecule has 3 N–H and O–H groups in total. The van der Waals surface area contributed by atoms with Crippen LogP contribution in [0.5, 0.6) is 5.75 Å². The number of hydrogen-bond donors (Lipinski definition) is 3. The van der Waals surface area contributed by atoms with E-state index in [0.29, 0.717) is 5.56 Å². The van der Waals surface area contributed by atoms with Gasteiger partial charge in [0.2, 0.25) is 0 Å². The van der Waals surface area contributed by atoms with E-state index >= 15 is 0 Å². The van der Waals surface area contributed by atoms with Gasteiger partial charge in [0.1, 0.15) is 10.6 Å². The first-order chi connectivity index (χ1) is 9.00. The van der Waals surface area contributed by atoms with Crippen molar-refractivity contribution in [3.8, 4) is 5.75 Å². The Kier molecular flexibility index (Phi) is 3.48. The molecule has 19 heavy (non-hydrogen) atoms. The molecular formula is C12H10N2O4S. The van der Waals surface area contributed by atoms with Crippen LogP contribution >= 0.6 is 11.3 Å². The number of pyridine rings is 1. The summed E-state index contributed by atoms with van der Waals surface area (Å²) in [6.07, 6.45) is 1.37. The molecule has 0 spiro atoms. The summed E-state index contributed by atoms with van der Waals surface area (Å²) in [6, 6.07) is 2.82. The predicted molar refractivity (Wildman–Crippen MR) is 69.9 cm³/mol. The SMILES string of the molecule is Cc1csc(C(=O)O)c1NC(=O)c1ncccc1O. The summed E-state index contributed by atoms with van der Waals surface area (Å²) >= 11 is 1.03. The minimum absolute atomic E-state index is 0.0428. The maximum Gasteiger partial charge on any atom is 0.348 e. The van der Waals surface area contributed by atoms with Crippen molar-refractivity contribution in [2.45, 2.75) is 6.92 Å². The van der Waals surface area contributed by atoms with Gasteiger partial charge in [-0.05, 0) is 30.0 Å². The Morgan fingerprint density at radius 1 is 1.42 bits per heavy atom. The van der Waals surface area contributed by atoms with E-state index in [-0.39, 0.29) is 22.0 Å². The number of anilines is 1. The molecular weight excluding hydrogens is 268 g/mol. The zero-order valence-electron chi connectivity index (χ0n) is 9.88. The molecule has 1 amide bonds. The highest BCUT2D eigenvalue weighted by molar-refractivity contribution is 7.12. The third-order valence-corrected chi connectivity index (χ3v) is 3.50. The van der Waals surface area contributed by atoms with Gasteiger partial charge in [-0.1, -0.05) is 0 Å². The number of amides is 1. The number of hydrogen-bond acceptors (Lipinski definition) is 5. The minimum Gasteiger partial charge on any atom is -0.505 e. The fraction of sp³-hybridized carbons (Fsp3) is 0.0833.